The third kappa shape index (κ3) is 1.66. The summed E-state index contributed by atoms with van der Waals surface area (Å²) in [6.45, 7) is 2.04. The lowest BCUT2D eigenvalue weighted by atomic mass is 10.1. The van der Waals surface area contributed by atoms with E-state index in [4.69, 9.17) is 5.26 Å². The van der Waals surface area contributed by atoms with Gasteiger partial charge in [0.15, 0.2) is 5.69 Å². The van der Waals surface area contributed by atoms with Crippen LogP contribution in [0.1, 0.15) is 11.3 Å². The van der Waals surface area contributed by atoms with Gasteiger partial charge in [0.1, 0.15) is 11.1 Å². The molecule has 14 heavy (non-hydrogen) atoms. The molecular formula is C11H8N2S. The minimum absolute atomic E-state index is 0.492. The minimum atomic E-state index is 0.492. The van der Waals surface area contributed by atoms with Gasteiger partial charge in [-0.1, -0.05) is 23.8 Å². The predicted molar refractivity (Wildman–Crippen MR) is 57.0 cm³/mol. The quantitative estimate of drug-likeness (QED) is 0.709. The maximum atomic E-state index is 8.65. The lowest BCUT2D eigenvalue weighted by Gasteiger charge is -1.96. The number of hydrogen-bond donors (Lipinski definition) is 0. The summed E-state index contributed by atoms with van der Waals surface area (Å²) in [5, 5.41) is 11.3. The van der Waals surface area contributed by atoms with Crippen molar-refractivity contribution < 1.29 is 0 Å². The van der Waals surface area contributed by atoms with Gasteiger partial charge >= 0.3 is 0 Å². The predicted octanol–water partition coefficient (Wildman–Crippen LogP) is 2.99. The Kier molecular flexibility index (Phi) is 2.30. The lowest BCUT2D eigenvalue weighted by Crippen LogP contribution is -1.78. The Morgan fingerprint density at radius 3 is 2.93 bits per heavy atom. The number of thiazole rings is 1. The van der Waals surface area contributed by atoms with E-state index >= 15 is 0 Å². The molecule has 0 N–H and O–H groups in total. The largest absolute Gasteiger partial charge is 0.225 e. The zero-order valence-electron chi connectivity index (χ0n) is 7.69. The van der Waals surface area contributed by atoms with Crippen LogP contribution in [0.15, 0.2) is 29.6 Å². The van der Waals surface area contributed by atoms with Crippen LogP contribution in [-0.4, -0.2) is 4.98 Å². The van der Waals surface area contributed by atoms with Crippen LogP contribution in [0, 0.1) is 18.3 Å². The summed E-state index contributed by atoms with van der Waals surface area (Å²) in [7, 11) is 0. The second kappa shape index (κ2) is 3.60. The average molecular weight is 200 g/mol. The summed E-state index contributed by atoms with van der Waals surface area (Å²) in [4.78, 5) is 4.20. The Morgan fingerprint density at radius 2 is 2.29 bits per heavy atom. The van der Waals surface area contributed by atoms with Gasteiger partial charge in [-0.15, -0.1) is 11.3 Å². The van der Waals surface area contributed by atoms with E-state index in [1.807, 2.05) is 31.2 Å². The summed E-state index contributed by atoms with van der Waals surface area (Å²) >= 11 is 1.50. The van der Waals surface area contributed by atoms with Crippen LogP contribution in [0.3, 0.4) is 0 Å². The van der Waals surface area contributed by atoms with E-state index in [-0.39, 0.29) is 0 Å². The van der Waals surface area contributed by atoms with Crippen molar-refractivity contribution in [3.63, 3.8) is 0 Å². The molecule has 2 nitrogen and oxygen atoms in total. The van der Waals surface area contributed by atoms with Crippen LogP contribution in [0.2, 0.25) is 0 Å². The van der Waals surface area contributed by atoms with E-state index in [9.17, 15) is 0 Å². The molecule has 2 rings (SSSR count). The van der Waals surface area contributed by atoms with Crippen LogP contribution in [0.4, 0.5) is 0 Å². The number of rotatable bonds is 1. The van der Waals surface area contributed by atoms with Crippen LogP contribution in [-0.2, 0) is 0 Å². The van der Waals surface area contributed by atoms with E-state index in [1.54, 1.807) is 5.38 Å². The van der Waals surface area contributed by atoms with Gasteiger partial charge in [-0.25, -0.2) is 4.98 Å². The first-order valence-electron chi connectivity index (χ1n) is 4.22. The van der Waals surface area contributed by atoms with Crippen molar-refractivity contribution in [3.05, 3.63) is 40.9 Å². The minimum Gasteiger partial charge on any atom is -0.225 e. The highest BCUT2D eigenvalue weighted by Crippen LogP contribution is 2.23. The molecule has 0 aliphatic carbocycles. The molecule has 0 radical (unpaired) electrons. The summed E-state index contributed by atoms with van der Waals surface area (Å²) in [6, 6.07) is 10.1. The van der Waals surface area contributed by atoms with E-state index in [0.29, 0.717) is 5.69 Å². The van der Waals surface area contributed by atoms with Gasteiger partial charge in [-0.3, -0.25) is 0 Å². The van der Waals surface area contributed by atoms with Crippen molar-refractivity contribution >= 4 is 11.3 Å². The molecule has 0 spiro atoms. The van der Waals surface area contributed by atoms with E-state index in [1.165, 1.54) is 16.9 Å². The third-order valence-electron chi connectivity index (χ3n) is 1.88. The van der Waals surface area contributed by atoms with Crippen molar-refractivity contribution in [1.82, 2.24) is 4.98 Å². The molecule has 1 heterocycles. The first-order valence-corrected chi connectivity index (χ1v) is 5.10. The van der Waals surface area contributed by atoms with E-state index in [2.05, 4.69) is 11.1 Å². The summed E-state index contributed by atoms with van der Waals surface area (Å²) in [5.74, 6) is 0. The van der Waals surface area contributed by atoms with Crippen molar-refractivity contribution in [2.24, 2.45) is 0 Å². The number of aryl methyl sites for hydroxylation is 1. The van der Waals surface area contributed by atoms with Gasteiger partial charge in [0, 0.05) is 10.9 Å². The SMILES string of the molecule is Cc1cccc(-c2nc(C#N)cs2)c1. The topological polar surface area (TPSA) is 36.7 Å². The van der Waals surface area contributed by atoms with Crippen molar-refractivity contribution in [2.45, 2.75) is 6.92 Å². The highest BCUT2D eigenvalue weighted by atomic mass is 32.1. The van der Waals surface area contributed by atoms with E-state index in [0.717, 1.165) is 10.6 Å². The molecule has 0 saturated heterocycles. The maximum Gasteiger partial charge on any atom is 0.152 e. The van der Waals surface area contributed by atoms with Crippen molar-refractivity contribution in [2.75, 3.05) is 0 Å². The van der Waals surface area contributed by atoms with Crippen molar-refractivity contribution in [1.29, 1.82) is 5.26 Å². The maximum absolute atomic E-state index is 8.65. The Labute approximate surface area is 86.5 Å². The fraction of sp³-hybridized carbons (Fsp3) is 0.0909. The van der Waals surface area contributed by atoms with Gasteiger partial charge in [-0.05, 0) is 13.0 Å². The van der Waals surface area contributed by atoms with Gasteiger partial charge in [-0.2, -0.15) is 5.26 Å². The number of nitrogens with zero attached hydrogens (tertiary/aromatic N) is 2. The molecule has 0 atom stereocenters. The summed E-state index contributed by atoms with van der Waals surface area (Å²) < 4.78 is 0. The zero-order valence-corrected chi connectivity index (χ0v) is 8.51. The molecular weight excluding hydrogens is 192 g/mol. The second-order valence-electron chi connectivity index (χ2n) is 3.02. The Morgan fingerprint density at radius 1 is 1.43 bits per heavy atom. The Hall–Kier alpha value is -1.66. The molecule has 3 heteroatoms. The first-order chi connectivity index (χ1) is 6.79. The van der Waals surface area contributed by atoms with Crippen LogP contribution < -0.4 is 0 Å². The number of aromatic nitrogens is 1. The first kappa shape index (κ1) is 8.92. The smallest absolute Gasteiger partial charge is 0.152 e. The Bertz CT molecular complexity index is 494. The fourth-order valence-electron chi connectivity index (χ4n) is 1.24. The molecule has 0 fully saturated rings. The number of benzene rings is 1. The fourth-order valence-corrected chi connectivity index (χ4v) is 1.98. The second-order valence-corrected chi connectivity index (χ2v) is 3.88. The third-order valence-corrected chi connectivity index (χ3v) is 2.78. The molecule has 0 amide bonds. The summed E-state index contributed by atoms with van der Waals surface area (Å²) in [5.41, 5.74) is 2.78. The summed E-state index contributed by atoms with van der Waals surface area (Å²) in [6.07, 6.45) is 0. The van der Waals surface area contributed by atoms with Gasteiger partial charge < -0.3 is 0 Å². The van der Waals surface area contributed by atoms with Crippen molar-refractivity contribution in [3.8, 4) is 16.6 Å². The Balaban J connectivity index is 2.45. The molecule has 0 aliphatic heterocycles. The zero-order chi connectivity index (χ0) is 9.97. The molecule has 0 aliphatic rings. The molecule has 2 aromatic rings. The number of hydrogen-bond acceptors (Lipinski definition) is 3. The van der Waals surface area contributed by atoms with Gasteiger partial charge in [0.2, 0.25) is 0 Å². The van der Waals surface area contributed by atoms with Gasteiger partial charge in [0.25, 0.3) is 0 Å². The highest BCUT2D eigenvalue weighted by molar-refractivity contribution is 7.13. The van der Waals surface area contributed by atoms with Crippen LogP contribution in [0.5, 0.6) is 0 Å². The monoisotopic (exact) mass is 200 g/mol. The molecule has 0 bridgehead atoms. The van der Waals surface area contributed by atoms with Crippen LogP contribution >= 0.6 is 11.3 Å². The van der Waals surface area contributed by atoms with Gasteiger partial charge in [0.05, 0.1) is 0 Å². The standard InChI is InChI=1S/C11H8N2S/c1-8-3-2-4-9(5-8)11-13-10(6-12)7-14-11/h2-5,7H,1H3. The average Bonchev–Trinajstić information content (AvgIpc) is 2.66. The molecule has 68 valence electrons. The molecule has 1 aromatic carbocycles. The normalized spacial score (nSPS) is 9.71. The highest BCUT2D eigenvalue weighted by Gasteiger charge is 2.03. The molecule has 1 aromatic heterocycles. The van der Waals surface area contributed by atoms with E-state index < -0.39 is 0 Å². The molecule has 0 unspecified atom stereocenters. The van der Waals surface area contributed by atoms with Crippen LogP contribution in [0.25, 0.3) is 10.6 Å². The number of nitriles is 1. The lowest BCUT2D eigenvalue weighted by molar-refractivity contribution is 1.33. The molecule has 0 saturated carbocycles.